The van der Waals surface area contributed by atoms with Gasteiger partial charge in [0.05, 0.1) is 12.7 Å². The Morgan fingerprint density at radius 1 is 1.11 bits per heavy atom. The Hall–Kier alpha value is -3.32. The van der Waals surface area contributed by atoms with Crippen molar-refractivity contribution in [3.8, 4) is 5.75 Å². The number of anilines is 1. The lowest BCUT2D eigenvalue weighted by Crippen LogP contribution is -2.37. The predicted molar refractivity (Wildman–Crippen MR) is 144 cm³/mol. The number of H-pyrrole nitrogens is 1. The van der Waals surface area contributed by atoms with Gasteiger partial charge in [0.15, 0.2) is 10.9 Å². The molecule has 6 nitrogen and oxygen atoms in total. The van der Waals surface area contributed by atoms with Crippen molar-refractivity contribution in [2.45, 2.75) is 57.4 Å². The molecule has 186 valence electrons. The third kappa shape index (κ3) is 4.60. The number of thioether (sulfide) groups is 1. The van der Waals surface area contributed by atoms with Gasteiger partial charge in [-0.25, -0.2) is 4.98 Å². The Morgan fingerprint density at radius 3 is 2.67 bits per heavy atom. The van der Waals surface area contributed by atoms with Crippen LogP contribution < -0.4 is 15.6 Å². The van der Waals surface area contributed by atoms with Gasteiger partial charge in [-0.2, -0.15) is 0 Å². The lowest BCUT2D eigenvalue weighted by atomic mass is 9.69. The number of aromatic amines is 1. The van der Waals surface area contributed by atoms with Gasteiger partial charge in [-0.05, 0) is 54.5 Å². The van der Waals surface area contributed by atoms with E-state index in [4.69, 9.17) is 9.72 Å². The molecule has 7 heteroatoms. The van der Waals surface area contributed by atoms with Crippen LogP contribution in [0.1, 0.15) is 60.4 Å². The van der Waals surface area contributed by atoms with E-state index >= 15 is 0 Å². The standard InChI is InChI=1S/C29H31N3O3S/c1-16-9-10-19(17(2)11-16)15-36-28-31-26-25(27(34)32-28)23(18-7-6-8-20(12-18)35-5)24-21(30-26)13-29(3,4)14-22(24)33/h6-12,23H,13-15H2,1-5H3,(H2,30,31,32,34). The molecule has 0 fully saturated rings. The van der Waals surface area contributed by atoms with Gasteiger partial charge in [-0.15, -0.1) is 0 Å². The van der Waals surface area contributed by atoms with Gasteiger partial charge in [0, 0.05) is 29.4 Å². The normalized spacial score (nSPS) is 18.4. The monoisotopic (exact) mass is 501 g/mol. The zero-order chi connectivity index (χ0) is 25.6. The lowest BCUT2D eigenvalue weighted by molar-refractivity contribution is -0.118. The van der Waals surface area contributed by atoms with E-state index in [1.165, 1.54) is 28.5 Å². The molecule has 0 radical (unpaired) electrons. The van der Waals surface area contributed by atoms with Crippen LogP contribution in [-0.2, 0) is 10.5 Å². The Kier molecular flexibility index (Phi) is 6.29. The molecule has 0 amide bonds. The first-order valence-electron chi connectivity index (χ1n) is 12.2. The molecule has 2 N–H and O–H groups in total. The van der Waals surface area contributed by atoms with Gasteiger partial charge >= 0.3 is 0 Å². The fraction of sp³-hybridized carbons (Fsp3) is 0.345. The van der Waals surface area contributed by atoms with E-state index in [0.29, 0.717) is 46.5 Å². The maximum atomic E-state index is 13.5. The molecular formula is C29H31N3O3S. The van der Waals surface area contributed by atoms with Crippen molar-refractivity contribution in [1.82, 2.24) is 9.97 Å². The molecule has 1 aliphatic carbocycles. The summed E-state index contributed by atoms with van der Waals surface area (Å²) in [5.41, 5.74) is 6.11. The molecule has 36 heavy (non-hydrogen) atoms. The number of Topliss-reactive ketones (excluding diaryl/α,β-unsaturated/α-hetero) is 1. The third-order valence-corrected chi connectivity index (χ3v) is 7.91. The number of ketones is 1. The minimum atomic E-state index is -0.496. The first-order chi connectivity index (χ1) is 17.1. The van der Waals surface area contributed by atoms with Crippen LogP contribution >= 0.6 is 11.8 Å². The summed E-state index contributed by atoms with van der Waals surface area (Å²) in [5.74, 6) is 1.49. The summed E-state index contributed by atoms with van der Waals surface area (Å²) in [5, 5.41) is 3.95. The van der Waals surface area contributed by atoms with Crippen LogP contribution in [-0.4, -0.2) is 22.9 Å². The highest BCUT2D eigenvalue weighted by atomic mass is 32.2. The van der Waals surface area contributed by atoms with Crippen LogP contribution in [0.2, 0.25) is 0 Å². The van der Waals surface area contributed by atoms with Gasteiger partial charge < -0.3 is 15.0 Å². The Balaban J connectivity index is 1.58. The number of aromatic nitrogens is 2. The van der Waals surface area contributed by atoms with Crippen molar-refractivity contribution in [1.29, 1.82) is 0 Å². The van der Waals surface area contributed by atoms with Crippen molar-refractivity contribution < 1.29 is 9.53 Å². The SMILES string of the molecule is COc1cccc(C2C3=C(CC(C)(C)CC3=O)Nc3nc(SCc4ccc(C)cc4C)[nH]c(=O)c32)c1. The quantitative estimate of drug-likeness (QED) is 0.335. The number of allylic oxidation sites excluding steroid dienone is 2. The number of nitrogens with zero attached hydrogens (tertiary/aromatic N) is 1. The number of aryl methyl sites for hydroxylation is 2. The average molecular weight is 502 g/mol. The number of methoxy groups -OCH3 is 1. The molecule has 2 aliphatic rings. The molecule has 1 aliphatic heterocycles. The number of rotatable bonds is 5. The van der Waals surface area contributed by atoms with Gasteiger partial charge in [-0.3, -0.25) is 9.59 Å². The van der Waals surface area contributed by atoms with Crippen molar-refractivity contribution in [2.24, 2.45) is 5.41 Å². The number of ether oxygens (including phenoxy) is 1. The molecule has 1 unspecified atom stereocenters. The molecule has 0 saturated carbocycles. The first-order valence-corrected chi connectivity index (χ1v) is 13.1. The van der Waals surface area contributed by atoms with E-state index in [2.05, 4.69) is 56.2 Å². The molecule has 2 aromatic carbocycles. The topological polar surface area (TPSA) is 84.1 Å². The highest BCUT2D eigenvalue weighted by Crippen LogP contribution is 2.48. The van der Waals surface area contributed by atoms with Crippen LogP contribution in [0, 0.1) is 19.3 Å². The molecule has 3 aromatic rings. The van der Waals surface area contributed by atoms with Crippen molar-refractivity contribution in [2.75, 3.05) is 12.4 Å². The number of carbonyl (C=O) groups is 1. The van der Waals surface area contributed by atoms with Crippen LogP contribution in [0.5, 0.6) is 5.75 Å². The maximum absolute atomic E-state index is 13.5. The summed E-state index contributed by atoms with van der Waals surface area (Å²) in [6.45, 7) is 8.38. The van der Waals surface area contributed by atoms with Crippen molar-refractivity contribution in [3.63, 3.8) is 0 Å². The number of benzene rings is 2. The van der Waals surface area contributed by atoms with Crippen LogP contribution in [0.15, 0.2) is 63.7 Å². The Bertz CT molecular complexity index is 1450. The first kappa shape index (κ1) is 24.4. The second-order valence-corrected chi connectivity index (χ2v) is 11.5. The van der Waals surface area contributed by atoms with Gasteiger partial charge in [-0.1, -0.05) is 61.5 Å². The fourth-order valence-corrected chi connectivity index (χ4v) is 6.21. The van der Waals surface area contributed by atoms with Gasteiger partial charge in [0.25, 0.3) is 5.56 Å². The van der Waals surface area contributed by atoms with E-state index in [1.807, 2.05) is 24.3 Å². The van der Waals surface area contributed by atoms with Crippen LogP contribution in [0.4, 0.5) is 5.82 Å². The molecule has 0 spiro atoms. The minimum absolute atomic E-state index is 0.0694. The van der Waals surface area contributed by atoms with E-state index in [1.54, 1.807) is 7.11 Å². The van der Waals surface area contributed by atoms with E-state index in [-0.39, 0.29) is 16.8 Å². The zero-order valence-corrected chi connectivity index (χ0v) is 22.1. The number of fused-ring (bicyclic) bond motifs is 1. The highest BCUT2D eigenvalue weighted by molar-refractivity contribution is 7.98. The zero-order valence-electron chi connectivity index (χ0n) is 21.3. The summed E-state index contributed by atoms with van der Waals surface area (Å²) in [7, 11) is 1.61. The predicted octanol–water partition coefficient (Wildman–Crippen LogP) is 5.89. The molecule has 0 saturated heterocycles. The van der Waals surface area contributed by atoms with Crippen molar-refractivity contribution >= 4 is 23.4 Å². The summed E-state index contributed by atoms with van der Waals surface area (Å²) < 4.78 is 5.45. The minimum Gasteiger partial charge on any atom is -0.497 e. The second-order valence-electron chi connectivity index (χ2n) is 10.5. The maximum Gasteiger partial charge on any atom is 0.257 e. The molecular weight excluding hydrogens is 470 g/mol. The number of nitrogens with one attached hydrogen (secondary N) is 2. The average Bonchev–Trinajstić information content (AvgIpc) is 2.81. The molecule has 1 aromatic heterocycles. The second kappa shape index (κ2) is 9.28. The number of hydrogen-bond donors (Lipinski definition) is 2. The Morgan fingerprint density at radius 2 is 1.92 bits per heavy atom. The smallest absolute Gasteiger partial charge is 0.257 e. The third-order valence-electron chi connectivity index (χ3n) is 6.99. The van der Waals surface area contributed by atoms with E-state index in [9.17, 15) is 9.59 Å². The fourth-order valence-electron chi connectivity index (χ4n) is 5.27. The van der Waals surface area contributed by atoms with E-state index < -0.39 is 5.92 Å². The Labute approximate surface area is 215 Å². The van der Waals surface area contributed by atoms with Crippen LogP contribution in [0.25, 0.3) is 0 Å². The summed E-state index contributed by atoms with van der Waals surface area (Å²) in [6, 6.07) is 14.0. The molecule has 0 bridgehead atoms. The summed E-state index contributed by atoms with van der Waals surface area (Å²) in [6.07, 6.45) is 1.16. The van der Waals surface area contributed by atoms with Crippen molar-refractivity contribution in [3.05, 3.63) is 91.9 Å². The lowest BCUT2D eigenvalue weighted by Gasteiger charge is -2.38. The number of hydrogen-bond acceptors (Lipinski definition) is 6. The summed E-state index contributed by atoms with van der Waals surface area (Å²) >= 11 is 1.50. The molecule has 5 rings (SSSR count). The highest BCUT2D eigenvalue weighted by Gasteiger charge is 2.42. The molecule has 1 atom stereocenters. The summed E-state index contributed by atoms with van der Waals surface area (Å²) in [4.78, 5) is 34.8. The van der Waals surface area contributed by atoms with Crippen LogP contribution in [0.3, 0.4) is 0 Å². The van der Waals surface area contributed by atoms with E-state index in [0.717, 1.165) is 11.3 Å². The molecule has 2 heterocycles. The largest absolute Gasteiger partial charge is 0.497 e. The van der Waals surface area contributed by atoms with Gasteiger partial charge in [0.1, 0.15) is 11.6 Å². The number of carbonyl (C=O) groups excluding carboxylic acids is 1. The van der Waals surface area contributed by atoms with Gasteiger partial charge in [0.2, 0.25) is 0 Å².